The number of phenols is 1. The Kier molecular flexibility index (Phi) is 1.53. The molecule has 0 aliphatic heterocycles. The number of halogens is 1. The van der Waals surface area contributed by atoms with Gasteiger partial charge in [-0.15, -0.1) is 0 Å². The van der Waals surface area contributed by atoms with Crippen molar-refractivity contribution < 1.29 is 5.11 Å². The summed E-state index contributed by atoms with van der Waals surface area (Å²) in [5.41, 5.74) is 2.44. The smallest absolute Gasteiger partial charge is 0.134 e. The fraction of sp³-hybridized carbons (Fsp3) is 0.333. The summed E-state index contributed by atoms with van der Waals surface area (Å²) in [5, 5.41) is 9.81. The monoisotopic (exact) mass is 168 g/mol. The lowest BCUT2D eigenvalue weighted by molar-refractivity contribution is 0.475. The Hall–Kier alpha value is -0.690. The van der Waals surface area contributed by atoms with Gasteiger partial charge >= 0.3 is 0 Å². The second-order valence-electron chi connectivity index (χ2n) is 2.89. The number of fused-ring (bicyclic) bond motifs is 1. The van der Waals surface area contributed by atoms with Gasteiger partial charge in [0.2, 0.25) is 0 Å². The molecule has 1 aliphatic carbocycles. The molecular weight excluding hydrogens is 160 g/mol. The molecule has 0 spiro atoms. The highest BCUT2D eigenvalue weighted by atomic mass is 35.5. The van der Waals surface area contributed by atoms with Crippen LogP contribution in [-0.2, 0) is 12.8 Å². The third kappa shape index (κ3) is 1.000. The van der Waals surface area contributed by atoms with Crippen LogP contribution in [0.15, 0.2) is 12.1 Å². The maximum Gasteiger partial charge on any atom is 0.134 e. The van der Waals surface area contributed by atoms with Crippen LogP contribution in [-0.4, -0.2) is 5.11 Å². The van der Waals surface area contributed by atoms with E-state index < -0.39 is 0 Å². The first-order valence-corrected chi connectivity index (χ1v) is 4.16. The van der Waals surface area contributed by atoms with Crippen LogP contribution < -0.4 is 0 Å². The van der Waals surface area contributed by atoms with Crippen molar-refractivity contribution in [2.45, 2.75) is 19.3 Å². The van der Waals surface area contributed by atoms with Gasteiger partial charge < -0.3 is 5.11 Å². The van der Waals surface area contributed by atoms with Gasteiger partial charge in [-0.2, -0.15) is 0 Å². The predicted octanol–water partition coefficient (Wildman–Crippen LogP) is 2.53. The summed E-state index contributed by atoms with van der Waals surface area (Å²) in [6.07, 6.45) is 3.29. The molecule has 0 saturated carbocycles. The van der Waals surface area contributed by atoms with Gasteiger partial charge in [-0.1, -0.05) is 17.7 Å². The van der Waals surface area contributed by atoms with Crippen molar-refractivity contribution in [3.05, 3.63) is 28.3 Å². The molecule has 0 aromatic heterocycles. The molecule has 0 fully saturated rings. The molecular formula is C9H9ClO. The summed E-state index contributed by atoms with van der Waals surface area (Å²) >= 11 is 5.89. The van der Waals surface area contributed by atoms with Gasteiger partial charge in [0.1, 0.15) is 5.75 Å². The zero-order chi connectivity index (χ0) is 7.84. The standard InChI is InChI=1S/C9H9ClO/c10-9-7-3-1-2-6(7)4-5-8(9)11/h4-5,11H,1-3H2. The molecule has 58 valence electrons. The van der Waals surface area contributed by atoms with E-state index >= 15 is 0 Å². The second-order valence-corrected chi connectivity index (χ2v) is 3.27. The molecule has 0 radical (unpaired) electrons. The van der Waals surface area contributed by atoms with E-state index in [1.807, 2.05) is 6.07 Å². The molecule has 0 heterocycles. The molecule has 1 nitrogen and oxygen atoms in total. The van der Waals surface area contributed by atoms with E-state index in [9.17, 15) is 5.11 Å². The average molecular weight is 169 g/mol. The number of aryl methyl sites for hydroxylation is 1. The van der Waals surface area contributed by atoms with Crippen LogP contribution >= 0.6 is 11.6 Å². The van der Waals surface area contributed by atoms with Crippen LogP contribution in [0, 0.1) is 0 Å². The van der Waals surface area contributed by atoms with Gasteiger partial charge in [-0.05, 0) is 36.5 Å². The van der Waals surface area contributed by atoms with E-state index in [0.717, 1.165) is 18.4 Å². The lowest BCUT2D eigenvalue weighted by atomic mass is 10.1. The summed E-state index contributed by atoms with van der Waals surface area (Å²) in [5.74, 6) is 0.215. The first kappa shape index (κ1) is 6.99. The number of rotatable bonds is 0. The van der Waals surface area contributed by atoms with Crippen molar-refractivity contribution in [3.8, 4) is 5.75 Å². The Labute approximate surface area is 70.6 Å². The highest BCUT2D eigenvalue weighted by Crippen LogP contribution is 2.34. The van der Waals surface area contributed by atoms with Crippen molar-refractivity contribution in [3.63, 3.8) is 0 Å². The lowest BCUT2D eigenvalue weighted by Gasteiger charge is -2.02. The van der Waals surface area contributed by atoms with Gasteiger partial charge in [-0.25, -0.2) is 0 Å². The first-order valence-electron chi connectivity index (χ1n) is 3.78. The molecule has 0 amide bonds. The normalized spacial score (nSPS) is 15.0. The van der Waals surface area contributed by atoms with Crippen LogP contribution in [0.2, 0.25) is 5.02 Å². The molecule has 0 saturated heterocycles. The van der Waals surface area contributed by atoms with E-state index in [-0.39, 0.29) is 5.75 Å². The number of hydrogen-bond acceptors (Lipinski definition) is 1. The van der Waals surface area contributed by atoms with Crippen LogP contribution in [0.1, 0.15) is 17.5 Å². The Morgan fingerprint density at radius 2 is 2.09 bits per heavy atom. The average Bonchev–Trinajstić information content (AvgIpc) is 2.45. The molecule has 1 aromatic rings. The molecule has 2 heteroatoms. The number of aromatic hydroxyl groups is 1. The molecule has 1 aromatic carbocycles. The van der Waals surface area contributed by atoms with E-state index in [4.69, 9.17) is 11.6 Å². The minimum atomic E-state index is 0.215. The molecule has 2 rings (SSSR count). The third-order valence-electron chi connectivity index (χ3n) is 2.19. The van der Waals surface area contributed by atoms with Gasteiger partial charge in [0, 0.05) is 0 Å². The third-order valence-corrected chi connectivity index (χ3v) is 2.61. The lowest BCUT2D eigenvalue weighted by Crippen LogP contribution is -1.82. The van der Waals surface area contributed by atoms with Crippen LogP contribution in [0.3, 0.4) is 0 Å². The summed E-state index contributed by atoms with van der Waals surface area (Å²) in [6, 6.07) is 3.63. The van der Waals surface area contributed by atoms with Crippen molar-refractivity contribution in [1.82, 2.24) is 0 Å². The second kappa shape index (κ2) is 2.42. The maximum absolute atomic E-state index is 9.25. The molecule has 0 unspecified atom stereocenters. The fourth-order valence-electron chi connectivity index (χ4n) is 1.61. The summed E-state index contributed by atoms with van der Waals surface area (Å²) in [4.78, 5) is 0. The van der Waals surface area contributed by atoms with E-state index in [1.165, 1.54) is 12.0 Å². The Balaban J connectivity index is 2.62. The van der Waals surface area contributed by atoms with Crippen LogP contribution in [0.25, 0.3) is 0 Å². The highest BCUT2D eigenvalue weighted by Gasteiger charge is 2.15. The van der Waals surface area contributed by atoms with Crippen molar-refractivity contribution in [2.24, 2.45) is 0 Å². The summed E-state index contributed by atoms with van der Waals surface area (Å²) < 4.78 is 0. The van der Waals surface area contributed by atoms with Crippen molar-refractivity contribution in [1.29, 1.82) is 0 Å². The highest BCUT2D eigenvalue weighted by molar-refractivity contribution is 6.32. The number of benzene rings is 1. The van der Waals surface area contributed by atoms with E-state index in [1.54, 1.807) is 6.07 Å². The Bertz CT molecular complexity index is 294. The first-order chi connectivity index (χ1) is 5.29. The largest absolute Gasteiger partial charge is 0.506 e. The Morgan fingerprint density at radius 3 is 2.91 bits per heavy atom. The fourth-order valence-corrected chi connectivity index (χ4v) is 1.89. The van der Waals surface area contributed by atoms with Gasteiger partial charge in [0.25, 0.3) is 0 Å². The topological polar surface area (TPSA) is 20.2 Å². The quantitative estimate of drug-likeness (QED) is 0.631. The molecule has 1 N–H and O–H groups in total. The zero-order valence-corrected chi connectivity index (χ0v) is 6.86. The molecule has 0 atom stereocenters. The van der Waals surface area contributed by atoms with Crippen molar-refractivity contribution in [2.75, 3.05) is 0 Å². The Morgan fingerprint density at radius 1 is 1.27 bits per heavy atom. The molecule has 0 bridgehead atoms. The number of phenolic OH excluding ortho intramolecular Hbond substituents is 1. The number of hydrogen-bond donors (Lipinski definition) is 1. The summed E-state index contributed by atoms with van der Waals surface area (Å²) in [6.45, 7) is 0. The van der Waals surface area contributed by atoms with E-state index in [2.05, 4.69) is 0 Å². The van der Waals surface area contributed by atoms with Gasteiger partial charge in [0.05, 0.1) is 5.02 Å². The van der Waals surface area contributed by atoms with Gasteiger partial charge in [0.15, 0.2) is 0 Å². The van der Waals surface area contributed by atoms with Crippen LogP contribution in [0.5, 0.6) is 5.75 Å². The zero-order valence-electron chi connectivity index (χ0n) is 6.10. The van der Waals surface area contributed by atoms with E-state index in [0.29, 0.717) is 5.02 Å². The van der Waals surface area contributed by atoms with Crippen molar-refractivity contribution >= 4 is 11.6 Å². The minimum Gasteiger partial charge on any atom is -0.506 e. The minimum absolute atomic E-state index is 0.215. The SMILES string of the molecule is Oc1ccc2c(c1Cl)CCC2. The van der Waals surface area contributed by atoms with Gasteiger partial charge in [-0.3, -0.25) is 0 Å². The molecule has 11 heavy (non-hydrogen) atoms. The maximum atomic E-state index is 9.25. The molecule has 1 aliphatic rings. The predicted molar refractivity (Wildman–Crippen MR) is 45.1 cm³/mol. The van der Waals surface area contributed by atoms with Crippen LogP contribution in [0.4, 0.5) is 0 Å². The summed E-state index contributed by atoms with van der Waals surface area (Å²) in [7, 11) is 0.